The predicted octanol–water partition coefficient (Wildman–Crippen LogP) is 6.74. The number of esters is 1. The fraction of sp³-hybridized carbons (Fsp3) is 0.179. The highest BCUT2D eigenvalue weighted by molar-refractivity contribution is 7.98. The Morgan fingerprint density at radius 1 is 1.03 bits per heavy atom. The lowest BCUT2D eigenvalue weighted by atomic mass is 9.96. The van der Waals surface area contributed by atoms with Crippen LogP contribution in [0.2, 0.25) is 5.02 Å². The Balaban J connectivity index is 1.39. The summed E-state index contributed by atoms with van der Waals surface area (Å²) in [6.45, 7) is 3.94. The summed E-state index contributed by atoms with van der Waals surface area (Å²) in [6.07, 6.45) is 0. The van der Waals surface area contributed by atoms with E-state index in [2.05, 4.69) is 41.7 Å². The van der Waals surface area contributed by atoms with Gasteiger partial charge >= 0.3 is 5.97 Å². The van der Waals surface area contributed by atoms with Crippen LogP contribution in [-0.2, 0) is 15.3 Å². The molecular weight excluding hydrogens is 492 g/mol. The molecule has 0 spiro atoms. The maximum atomic E-state index is 12.9. The number of carbonyl (C=O) groups excluding carboxylic acids is 1. The highest BCUT2D eigenvalue weighted by Crippen LogP contribution is 2.37. The SMILES string of the molecule is CCOC(=O)C1=C(C)Nc2nc(SCc3ccc(-c4ccccc4)cc3)nn2[C@@H]1c1ccc(Cl)cc1. The molecule has 0 fully saturated rings. The van der Waals surface area contributed by atoms with Gasteiger partial charge in [-0.05, 0) is 48.2 Å². The molecule has 0 radical (unpaired) electrons. The number of benzene rings is 3. The molecule has 4 aromatic rings. The normalized spacial score (nSPS) is 14.8. The minimum Gasteiger partial charge on any atom is -0.463 e. The Hall–Kier alpha value is -3.55. The van der Waals surface area contributed by atoms with E-state index in [0.29, 0.717) is 27.4 Å². The van der Waals surface area contributed by atoms with E-state index in [0.717, 1.165) is 11.3 Å². The summed E-state index contributed by atoms with van der Waals surface area (Å²) in [6, 6.07) is 25.8. The number of halogens is 1. The standard InChI is InChI=1S/C28H25ClN4O2S/c1-3-35-26(34)24-18(2)30-27-31-28(32-33(27)25(24)22-13-15-23(29)16-14-22)36-17-19-9-11-21(12-10-19)20-7-5-4-6-8-20/h4-16,25H,3,17H2,1-2H3,(H,30,31,32)/t25-/m1/s1. The number of hydrogen-bond donors (Lipinski definition) is 1. The molecule has 0 unspecified atom stereocenters. The molecule has 0 saturated carbocycles. The van der Waals surface area contributed by atoms with Crippen LogP contribution in [0.15, 0.2) is 95.3 Å². The fourth-order valence-electron chi connectivity index (χ4n) is 4.19. The smallest absolute Gasteiger partial charge is 0.338 e. The van der Waals surface area contributed by atoms with E-state index in [-0.39, 0.29) is 12.6 Å². The van der Waals surface area contributed by atoms with E-state index in [1.54, 1.807) is 23.4 Å². The van der Waals surface area contributed by atoms with Gasteiger partial charge in [-0.15, -0.1) is 5.10 Å². The van der Waals surface area contributed by atoms with Crippen LogP contribution in [0.1, 0.15) is 31.0 Å². The topological polar surface area (TPSA) is 69.0 Å². The van der Waals surface area contributed by atoms with Gasteiger partial charge in [0.2, 0.25) is 11.1 Å². The molecule has 0 amide bonds. The Morgan fingerprint density at radius 3 is 2.42 bits per heavy atom. The molecule has 3 aromatic carbocycles. The van der Waals surface area contributed by atoms with Crippen molar-refractivity contribution >= 4 is 35.3 Å². The average Bonchev–Trinajstić information content (AvgIpc) is 3.30. The monoisotopic (exact) mass is 516 g/mol. The summed E-state index contributed by atoms with van der Waals surface area (Å²) in [7, 11) is 0. The van der Waals surface area contributed by atoms with Crippen molar-refractivity contribution in [2.45, 2.75) is 30.8 Å². The average molecular weight is 517 g/mol. The molecule has 1 aliphatic rings. The Bertz CT molecular complexity index is 1400. The summed E-state index contributed by atoms with van der Waals surface area (Å²) < 4.78 is 7.12. The van der Waals surface area contributed by atoms with E-state index in [9.17, 15) is 4.79 Å². The minimum atomic E-state index is -0.468. The first kappa shape index (κ1) is 24.2. The van der Waals surface area contributed by atoms with Crippen LogP contribution in [0.25, 0.3) is 11.1 Å². The second-order valence-corrected chi connectivity index (χ2v) is 9.73. The minimum absolute atomic E-state index is 0.289. The maximum absolute atomic E-state index is 12.9. The van der Waals surface area contributed by atoms with Gasteiger partial charge in [-0.3, -0.25) is 0 Å². The third kappa shape index (κ3) is 5.03. The predicted molar refractivity (Wildman–Crippen MR) is 144 cm³/mol. The number of hydrogen-bond acceptors (Lipinski definition) is 6. The van der Waals surface area contributed by atoms with Gasteiger partial charge in [0.15, 0.2) is 0 Å². The largest absolute Gasteiger partial charge is 0.463 e. The zero-order valence-electron chi connectivity index (χ0n) is 19.9. The molecule has 5 rings (SSSR count). The third-order valence-corrected chi connectivity index (χ3v) is 7.10. The molecule has 1 N–H and O–H groups in total. The van der Waals surface area contributed by atoms with Crippen molar-refractivity contribution in [3.05, 3.63) is 106 Å². The number of nitrogens with zero attached hydrogens (tertiary/aromatic N) is 3. The third-order valence-electron chi connectivity index (χ3n) is 5.94. The van der Waals surface area contributed by atoms with Gasteiger partial charge in [-0.1, -0.05) is 90.1 Å². The van der Waals surface area contributed by atoms with Crippen LogP contribution in [0.3, 0.4) is 0 Å². The first-order valence-corrected chi connectivity index (χ1v) is 13.0. The van der Waals surface area contributed by atoms with E-state index >= 15 is 0 Å². The van der Waals surface area contributed by atoms with Gasteiger partial charge in [0.25, 0.3) is 0 Å². The Kier molecular flexibility index (Phi) is 7.11. The molecule has 1 atom stereocenters. The second kappa shape index (κ2) is 10.6. The van der Waals surface area contributed by atoms with E-state index < -0.39 is 6.04 Å². The van der Waals surface area contributed by atoms with Gasteiger partial charge in [0.05, 0.1) is 12.2 Å². The van der Waals surface area contributed by atoms with Crippen LogP contribution in [0.5, 0.6) is 0 Å². The van der Waals surface area contributed by atoms with Crippen molar-refractivity contribution in [3.8, 4) is 11.1 Å². The van der Waals surface area contributed by atoms with E-state index in [1.165, 1.54) is 16.7 Å². The van der Waals surface area contributed by atoms with E-state index in [4.69, 9.17) is 26.4 Å². The Morgan fingerprint density at radius 2 is 1.72 bits per heavy atom. The zero-order chi connectivity index (χ0) is 25.1. The van der Waals surface area contributed by atoms with Crippen LogP contribution in [0.4, 0.5) is 5.95 Å². The molecule has 0 bridgehead atoms. The quantitative estimate of drug-likeness (QED) is 0.216. The van der Waals surface area contributed by atoms with Crippen LogP contribution >= 0.6 is 23.4 Å². The number of carbonyl (C=O) groups is 1. The highest BCUT2D eigenvalue weighted by Gasteiger charge is 2.35. The number of allylic oxidation sites excluding steroid dienone is 1. The fourth-order valence-corrected chi connectivity index (χ4v) is 5.10. The van der Waals surface area contributed by atoms with Crippen molar-refractivity contribution in [1.29, 1.82) is 0 Å². The molecule has 8 heteroatoms. The summed E-state index contributed by atoms with van der Waals surface area (Å²) in [4.78, 5) is 17.6. The second-order valence-electron chi connectivity index (χ2n) is 8.35. The van der Waals surface area contributed by atoms with Gasteiger partial charge in [-0.25, -0.2) is 9.48 Å². The molecule has 1 aromatic heterocycles. The zero-order valence-corrected chi connectivity index (χ0v) is 21.5. The summed E-state index contributed by atoms with van der Waals surface area (Å²) in [5, 5.41) is 9.25. The lowest BCUT2D eigenvalue weighted by Crippen LogP contribution is -2.29. The van der Waals surface area contributed by atoms with Gasteiger partial charge in [-0.2, -0.15) is 4.98 Å². The molecule has 6 nitrogen and oxygen atoms in total. The van der Waals surface area contributed by atoms with Crippen LogP contribution < -0.4 is 5.32 Å². The number of anilines is 1. The van der Waals surface area contributed by atoms with Crippen molar-refractivity contribution in [1.82, 2.24) is 14.8 Å². The van der Waals surface area contributed by atoms with Gasteiger partial charge < -0.3 is 10.1 Å². The summed E-state index contributed by atoms with van der Waals surface area (Å²) in [5.41, 5.74) is 5.63. The van der Waals surface area contributed by atoms with Crippen LogP contribution in [-0.4, -0.2) is 27.3 Å². The lowest BCUT2D eigenvalue weighted by Gasteiger charge is -2.28. The summed E-state index contributed by atoms with van der Waals surface area (Å²) >= 11 is 7.67. The first-order chi connectivity index (χ1) is 17.5. The number of fused-ring (bicyclic) bond motifs is 1. The number of rotatable bonds is 7. The number of nitrogens with one attached hydrogen (secondary N) is 1. The first-order valence-electron chi connectivity index (χ1n) is 11.7. The van der Waals surface area contributed by atoms with Crippen molar-refractivity contribution in [2.24, 2.45) is 0 Å². The summed E-state index contributed by atoms with van der Waals surface area (Å²) in [5.74, 6) is 0.931. The maximum Gasteiger partial charge on any atom is 0.338 e. The molecule has 0 aliphatic carbocycles. The van der Waals surface area contributed by atoms with Crippen molar-refractivity contribution < 1.29 is 9.53 Å². The van der Waals surface area contributed by atoms with Gasteiger partial charge in [0.1, 0.15) is 6.04 Å². The lowest BCUT2D eigenvalue weighted by molar-refractivity contribution is -0.139. The van der Waals surface area contributed by atoms with Crippen molar-refractivity contribution in [2.75, 3.05) is 11.9 Å². The number of thioether (sulfide) groups is 1. The molecule has 0 saturated heterocycles. The van der Waals surface area contributed by atoms with Crippen molar-refractivity contribution in [3.63, 3.8) is 0 Å². The molecule has 36 heavy (non-hydrogen) atoms. The number of aromatic nitrogens is 3. The molecule has 1 aliphatic heterocycles. The molecule has 182 valence electrons. The van der Waals surface area contributed by atoms with E-state index in [1.807, 2.05) is 49.4 Å². The Labute approximate surface area is 219 Å². The van der Waals surface area contributed by atoms with Crippen LogP contribution in [0, 0.1) is 0 Å². The highest BCUT2D eigenvalue weighted by atomic mass is 35.5. The van der Waals surface area contributed by atoms with Gasteiger partial charge in [0, 0.05) is 16.5 Å². The molecular formula is C28H25ClN4O2S. The molecule has 2 heterocycles. The number of ether oxygens (including phenoxy) is 1.